The average molecular weight is 260 g/mol. The van der Waals surface area contributed by atoms with Gasteiger partial charge >= 0.3 is 0 Å². The normalized spacial score (nSPS) is 44.1. The lowest BCUT2D eigenvalue weighted by atomic mass is 10.0. The molecular weight excluding hydrogens is 240 g/mol. The van der Waals surface area contributed by atoms with Crippen molar-refractivity contribution in [1.82, 2.24) is 10.2 Å². The zero-order valence-corrected chi connectivity index (χ0v) is 10.2. The lowest BCUT2D eigenvalue weighted by Gasteiger charge is -2.29. The highest BCUT2D eigenvalue weighted by atomic mass is 16.3. The highest BCUT2D eigenvalue weighted by Gasteiger charge is 2.56. The number of nitrogens with zero attached hydrogens (tertiary/aromatic N) is 1. The molecule has 1 amide bonds. The summed E-state index contributed by atoms with van der Waals surface area (Å²) < 4.78 is 0. The van der Waals surface area contributed by atoms with E-state index in [0.29, 0.717) is 6.42 Å². The van der Waals surface area contributed by atoms with Crippen LogP contribution in [0.5, 0.6) is 0 Å². The van der Waals surface area contributed by atoms with Gasteiger partial charge in [-0.05, 0) is 6.42 Å². The molecule has 18 heavy (non-hydrogen) atoms. The second-order valence-corrected chi connectivity index (χ2v) is 5.06. The monoisotopic (exact) mass is 260 g/mol. The molecule has 0 aliphatic carbocycles. The molecule has 0 saturated carbocycles. The fraction of sp³-hybridized carbons (Fsp3) is 0.909. The van der Waals surface area contributed by atoms with Gasteiger partial charge in [0.1, 0.15) is 0 Å². The van der Waals surface area contributed by atoms with Crippen LogP contribution in [0.3, 0.4) is 0 Å². The minimum Gasteiger partial charge on any atom is -0.395 e. The van der Waals surface area contributed by atoms with Crippen molar-refractivity contribution in [2.45, 2.75) is 49.8 Å². The van der Waals surface area contributed by atoms with E-state index in [1.54, 1.807) is 4.90 Å². The van der Waals surface area contributed by atoms with E-state index in [4.69, 9.17) is 0 Å². The van der Waals surface area contributed by atoms with Gasteiger partial charge in [-0.1, -0.05) is 0 Å². The minimum atomic E-state index is -1.06. The van der Waals surface area contributed by atoms with Crippen molar-refractivity contribution in [1.29, 1.82) is 0 Å². The third-order valence-corrected chi connectivity index (χ3v) is 3.92. The topological polar surface area (TPSA) is 113 Å². The van der Waals surface area contributed by atoms with Crippen molar-refractivity contribution in [3.63, 3.8) is 0 Å². The number of carbonyl (C=O) groups is 1. The molecule has 2 aliphatic rings. The maximum Gasteiger partial charge on any atom is 0.216 e. The minimum absolute atomic E-state index is 0.149. The first-order valence-electron chi connectivity index (χ1n) is 6.14. The molecule has 0 radical (unpaired) electrons. The van der Waals surface area contributed by atoms with Gasteiger partial charge in [-0.25, -0.2) is 0 Å². The van der Waals surface area contributed by atoms with E-state index in [1.807, 2.05) is 0 Å². The molecular formula is C11H20N2O5. The summed E-state index contributed by atoms with van der Waals surface area (Å²) in [6, 6.07) is -1.35. The summed E-state index contributed by atoms with van der Waals surface area (Å²) in [4.78, 5) is 12.7. The predicted octanol–water partition coefficient (Wildman–Crippen LogP) is -2.98. The van der Waals surface area contributed by atoms with Gasteiger partial charge in [0.05, 0.1) is 37.0 Å². The van der Waals surface area contributed by atoms with Crippen LogP contribution in [0.25, 0.3) is 0 Å². The largest absolute Gasteiger partial charge is 0.395 e. The molecule has 2 fully saturated rings. The van der Waals surface area contributed by atoms with Crippen molar-refractivity contribution in [2.24, 2.45) is 0 Å². The molecule has 7 heteroatoms. The summed E-state index contributed by atoms with van der Waals surface area (Å²) in [5.41, 5.74) is 0. The van der Waals surface area contributed by atoms with Gasteiger partial charge in [0.15, 0.2) is 0 Å². The predicted molar refractivity (Wildman–Crippen MR) is 61.6 cm³/mol. The number of rotatable bonds is 3. The molecule has 0 unspecified atom stereocenters. The SMILES string of the molecule is CC(=O)NC[C@@H]1[C@@H](O)[C@@H](O)[C@H]2[C@@H](O)C[C@@H](CO)N21. The number of hydrogen-bond donors (Lipinski definition) is 5. The van der Waals surface area contributed by atoms with Crippen LogP contribution < -0.4 is 5.32 Å². The Kier molecular flexibility index (Phi) is 3.88. The number of carbonyl (C=O) groups excluding carboxylic acids is 1. The van der Waals surface area contributed by atoms with Crippen LogP contribution in [0, 0.1) is 0 Å². The molecule has 7 nitrogen and oxygen atoms in total. The van der Waals surface area contributed by atoms with Crippen LogP contribution in [-0.2, 0) is 4.79 Å². The number of aliphatic hydroxyl groups excluding tert-OH is 4. The Morgan fingerprint density at radius 1 is 1.33 bits per heavy atom. The third-order valence-electron chi connectivity index (χ3n) is 3.92. The molecule has 104 valence electrons. The van der Waals surface area contributed by atoms with Gasteiger partial charge in [-0.15, -0.1) is 0 Å². The molecule has 0 aromatic rings. The molecule has 0 aromatic carbocycles. The Labute approximate surface area is 105 Å². The molecule has 2 rings (SSSR count). The van der Waals surface area contributed by atoms with Crippen LogP contribution in [0.4, 0.5) is 0 Å². The highest BCUT2D eigenvalue weighted by molar-refractivity contribution is 5.72. The van der Waals surface area contributed by atoms with Gasteiger partial charge in [0.25, 0.3) is 0 Å². The van der Waals surface area contributed by atoms with Crippen LogP contribution in [0.15, 0.2) is 0 Å². The first-order valence-corrected chi connectivity index (χ1v) is 6.14. The van der Waals surface area contributed by atoms with E-state index in [1.165, 1.54) is 6.92 Å². The summed E-state index contributed by atoms with van der Waals surface area (Å²) >= 11 is 0. The van der Waals surface area contributed by atoms with E-state index in [-0.39, 0.29) is 25.1 Å². The van der Waals surface area contributed by atoms with Crippen LogP contribution in [-0.4, -0.2) is 80.8 Å². The number of aliphatic hydroxyl groups is 4. The summed E-state index contributed by atoms with van der Waals surface area (Å²) in [5, 5.41) is 41.7. The van der Waals surface area contributed by atoms with E-state index >= 15 is 0 Å². The molecule has 2 aliphatic heterocycles. The average Bonchev–Trinajstić information content (AvgIpc) is 2.76. The van der Waals surface area contributed by atoms with Gasteiger partial charge in [0.2, 0.25) is 5.91 Å². The third kappa shape index (κ3) is 2.12. The highest BCUT2D eigenvalue weighted by Crippen LogP contribution is 2.37. The van der Waals surface area contributed by atoms with Crippen molar-refractivity contribution in [2.75, 3.05) is 13.2 Å². The van der Waals surface area contributed by atoms with Gasteiger partial charge in [-0.2, -0.15) is 0 Å². The summed E-state index contributed by atoms with van der Waals surface area (Å²) in [5.74, 6) is -0.222. The van der Waals surface area contributed by atoms with Crippen LogP contribution >= 0.6 is 0 Å². The van der Waals surface area contributed by atoms with Crippen molar-refractivity contribution < 1.29 is 25.2 Å². The first-order chi connectivity index (χ1) is 8.47. The van der Waals surface area contributed by atoms with Crippen LogP contribution in [0.1, 0.15) is 13.3 Å². The van der Waals surface area contributed by atoms with Crippen LogP contribution in [0.2, 0.25) is 0 Å². The summed E-state index contributed by atoms with van der Waals surface area (Å²) in [6.07, 6.45) is -2.50. The van der Waals surface area contributed by atoms with Gasteiger partial charge in [-0.3, -0.25) is 9.69 Å². The lowest BCUT2D eigenvalue weighted by molar-refractivity contribution is -0.119. The summed E-state index contributed by atoms with van der Waals surface area (Å²) in [6.45, 7) is 1.41. The fourth-order valence-corrected chi connectivity index (χ4v) is 3.13. The molecule has 5 N–H and O–H groups in total. The molecule has 0 bridgehead atoms. The molecule has 0 aromatic heterocycles. The second-order valence-electron chi connectivity index (χ2n) is 5.06. The van der Waals surface area contributed by atoms with E-state index in [9.17, 15) is 25.2 Å². The van der Waals surface area contributed by atoms with E-state index in [2.05, 4.69) is 5.32 Å². The number of fused-ring (bicyclic) bond motifs is 1. The maximum atomic E-state index is 10.9. The number of amides is 1. The van der Waals surface area contributed by atoms with Crippen molar-refractivity contribution in [3.05, 3.63) is 0 Å². The van der Waals surface area contributed by atoms with E-state index in [0.717, 1.165) is 0 Å². The molecule has 6 atom stereocenters. The number of hydrogen-bond acceptors (Lipinski definition) is 6. The summed E-state index contributed by atoms with van der Waals surface area (Å²) in [7, 11) is 0. The Morgan fingerprint density at radius 2 is 2.00 bits per heavy atom. The van der Waals surface area contributed by atoms with Gasteiger partial charge in [0, 0.05) is 19.5 Å². The lowest BCUT2D eigenvalue weighted by Crippen LogP contribution is -2.49. The Bertz CT molecular complexity index is 327. The standard InChI is InChI=1S/C11H20N2O5/c1-5(15)12-3-7-10(17)11(18)9-8(16)2-6(4-14)13(7)9/h6-11,14,16-18H,2-4H2,1H3,(H,12,15)/t6-,7+,8-,9+,10+,11-/m0/s1. The fourth-order valence-electron chi connectivity index (χ4n) is 3.13. The first kappa shape index (κ1) is 13.7. The molecule has 0 spiro atoms. The zero-order valence-electron chi connectivity index (χ0n) is 10.2. The Morgan fingerprint density at radius 3 is 2.56 bits per heavy atom. The van der Waals surface area contributed by atoms with E-state index < -0.39 is 30.4 Å². The van der Waals surface area contributed by atoms with Crippen molar-refractivity contribution in [3.8, 4) is 0 Å². The van der Waals surface area contributed by atoms with Gasteiger partial charge < -0.3 is 25.7 Å². The quantitative estimate of drug-likeness (QED) is 0.370. The molecule has 2 saturated heterocycles. The zero-order chi connectivity index (χ0) is 13.4. The maximum absolute atomic E-state index is 10.9. The Hall–Kier alpha value is -0.730. The van der Waals surface area contributed by atoms with Crippen molar-refractivity contribution >= 4 is 5.91 Å². The smallest absolute Gasteiger partial charge is 0.216 e. The molecule has 2 heterocycles. The Balaban J connectivity index is 2.15. The number of nitrogens with one attached hydrogen (secondary N) is 1. The second kappa shape index (κ2) is 5.10.